The Balaban J connectivity index is 1.70. The lowest BCUT2D eigenvalue weighted by Gasteiger charge is -2.32. The summed E-state index contributed by atoms with van der Waals surface area (Å²) < 4.78 is 14.7. The molecule has 1 aliphatic heterocycles. The standard InChI is InChI=1S/C22H23BN2O2/c1-21(2)22(3,4)27-23(26-21)14-16-13-15-9-5-7-11-18(15)25-19-12-8-6-10-17(19)24-20(16)25/h5-13H,14H2,1-4H3. The summed E-state index contributed by atoms with van der Waals surface area (Å²) >= 11 is 0. The molecule has 2 aromatic carbocycles. The van der Waals surface area contributed by atoms with Gasteiger partial charge in [0.25, 0.3) is 0 Å². The summed E-state index contributed by atoms with van der Waals surface area (Å²) in [7, 11) is -0.278. The van der Waals surface area contributed by atoms with Gasteiger partial charge in [0, 0.05) is 6.32 Å². The first-order valence-corrected chi connectivity index (χ1v) is 9.49. The van der Waals surface area contributed by atoms with E-state index in [2.05, 4.69) is 80.6 Å². The highest BCUT2D eigenvalue weighted by Crippen LogP contribution is 2.38. The van der Waals surface area contributed by atoms with Crippen LogP contribution in [-0.2, 0) is 15.6 Å². The minimum Gasteiger partial charge on any atom is -0.403 e. The highest BCUT2D eigenvalue weighted by atomic mass is 16.7. The number of para-hydroxylation sites is 3. The van der Waals surface area contributed by atoms with Crippen LogP contribution in [0.15, 0.2) is 54.6 Å². The van der Waals surface area contributed by atoms with Gasteiger partial charge in [0.05, 0.1) is 27.8 Å². The van der Waals surface area contributed by atoms with Crippen LogP contribution in [0.4, 0.5) is 0 Å². The van der Waals surface area contributed by atoms with Crippen molar-refractivity contribution in [1.82, 2.24) is 9.38 Å². The number of fused-ring (bicyclic) bond motifs is 5. The van der Waals surface area contributed by atoms with E-state index in [9.17, 15) is 0 Å². The molecule has 27 heavy (non-hydrogen) atoms. The molecule has 2 aromatic heterocycles. The van der Waals surface area contributed by atoms with Crippen molar-refractivity contribution in [3.8, 4) is 0 Å². The normalized spacial score (nSPS) is 18.7. The fraction of sp³-hybridized carbons (Fsp3) is 0.318. The molecular weight excluding hydrogens is 335 g/mol. The largest absolute Gasteiger partial charge is 0.462 e. The monoisotopic (exact) mass is 358 g/mol. The summed E-state index contributed by atoms with van der Waals surface area (Å²) in [6.45, 7) is 8.36. The average molecular weight is 358 g/mol. The number of hydrogen-bond acceptors (Lipinski definition) is 3. The Hall–Kier alpha value is -2.37. The molecule has 0 aliphatic carbocycles. The lowest BCUT2D eigenvalue weighted by molar-refractivity contribution is 0.00578. The number of aromatic nitrogens is 2. The highest BCUT2D eigenvalue weighted by Gasteiger charge is 2.51. The van der Waals surface area contributed by atoms with Crippen molar-refractivity contribution >= 4 is 34.7 Å². The quantitative estimate of drug-likeness (QED) is 0.482. The lowest BCUT2D eigenvalue weighted by Crippen LogP contribution is -2.41. The number of nitrogens with zero attached hydrogens (tertiary/aromatic N) is 2. The van der Waals surface area contributed by atoms with Gasteiger partial charge in [-0.25, -0.2) is 4.98 Å². The third-order valence-corrected chi connectivity index (χ3v) is 6.04. The molecule has 0 spiro atoms. The van der Waals surface area contributed by atoms with Gasteiger partial charge in [-0.1, -0.05) is 30.3 Å². The lowest BCUT2D eigenvalue weighted by atomic mass is 9.80. The summed E-state index contributed by atoms with van der Waals surface area (Å²) in [6.07, 6.45) is 0.671. The van der Waals surface area contributed by atoms with Crippen LogP contribution >= 0.6 is 0 Å². The number of hydrogen-bond donors (Lipinski definition) is 0. The van der Waals surface area contributed by atoms with Crippen molar-refractivity contribution in [2.75, 3.05) is 0 Å². The Morgan fingerprint density at radius 2 is 1.52 bits per heavy atom. The van der Waals surface area contributed by atoms with Gasteiger partial charge in [-0.3, -0.25) is 4.40 Å². The van der Waals surface area contributed by atoms with Crippen LogP contribution in [0.25, 0.3) is 27.6 Å². The van der Waals surface area contributed by atoms with E-state index in [1.807, 2.05) is 6.07 Å². The predicted octanol–water partition coefficient (Wildman–Crippen LogP) is 4.81. The molecule has 1 saturated heterocycles. The summed E-state index contributed by atoms with van der Waals surface area (Å²) in [6, 6.07) is 19.0. The second kappa shape index (κ2) is 5.57. The Labute approximate surface area is 159 Å². The van der Waals surface area contributed by atoms with Gasteiger partial charge in [0.2, 0.25) is 0 Å². The summed E-state index contributed by atoms with van der Waals surface area (Å²) in [4.78, 5) is 4.93. The van der Waals surface area contributed by atoms with Crippen molar-refractivity contribution in [3.05, 3.63) is 60.2 Å². The smallest absolute Gasteiger partial charge is 0.403 e. The van der Waals surface area contributed by atoms with Gasteiger partial charge in [0.1, 0.15) is 5.65 Å². The molecule has 5 heteroatoms. The van der Waals surface area contributed by atoms with E-state index in [-0.39, 0.29) is 18.3 Å². The summed E-state index contributed by atoms with van der Waals surface area (Å²) in [5, 5.41) is 1.19. The molecule has 0 N–H and O–H groups in total. The molecule has 5 rings (SSSR count). The Morgan fingerprint density at radius 1 is 0.889 bits per heavy atom. The molecule has 1 aliphatic rings. The zero-order valence-corrected chi connectivity index (χ0v) is 16.2. The van der Waals surface area contributed by atoms with Gasteiger partial charge in [-0.15, -0.1) is 0 Å². The second-order valence-electron chi connectivity index (χ2n) is 8.38. The van der Waals surface area contributed by atoms with Crippen LogP contribution < -0.4 is 0 Å². The number of pyridine rings is 1. The van der Waals surface area contributed by atoms with Crippen LogP contribution in [0.5, 0.6) is 0 Å². The van der Waals surface area contributed by atoms with Gasteiger partial charge >= 0.3 is 7.12 Å². The van der Waals surface area contributed by atoms with Crippen molar-refractivity contribution in [2.24, 2.45) is 0 Å². The van der Waals surface area contributed by atoms with Crippen LogP contribution in [-0.4, -0.2) is 27.7 Å². The van der Waals surface area contributed by atoms with Crippen molar-refractivity contribution < 1.29 is 9.31 Å². The Morgan fingerprint density at radius 3 is 2.26 bits per heavy atom. The van der Waals surface area contributed by atoms with E-state index in [1.54, 1.807) is 0 Å². The molecule has 1 fully saturated rings. The van der Waals surface area contributed by atoms with Crippen LogP contribution in [0.3, 0.4) is 0 Å². The van der Waals surface area contributed by atoms with Gasteiger partial charge in [0.15, 0.2) is 0 Å². The van der Waals surface area contributed by atoms with Gasteiger partial charge in [-0.2, -0.15) is 0 Å². The summed E-state index contributed by atoms with van der Waals surface area (Å²) in [5.41, 5.74) is 4.76. The van der Waals surface area contributed by atoms with E-state index < -0.39 is 0 Å². The maximum absolute atomic E-state index is 6.24. The third kappa shape index (κ3) is 2.49. The minimum absolute atomic E-state index is 0.278. The molecule has 0 radical (unpaired) electrons. The fourth-order valence-electron chi connectivity index (χ4n) is 3.93. The number of benzene rings is 2. The van der Waals surface area contributed by atoms with Crippen LogP contribution in [0.2, 0.25) is 0 Å². The van der Waals surface area contributed by atoms with Crippen molar-refractivity contribution in [1.29, 1.82) is 0 Å². The first-order chi connectivity index (χ1) is 12.9. The zero-order chi connectivity index (χ0) is 18.8. The Kier molecular flexibility index (Phi) is 3.46. The molecule has 4 aromatic rings. The van der Waals surface area contributed by atoms with Gasteiger partial charge < -0.3 is 9.31 Å². The minimum atomic E-state index is -0.328. The Bertz CT molecular complexity index is 1160. The van der Waals surface area contributed by atoms with Crippen LogP contribution in [0, 0.1) is 0 Å². The third-order valence-electron chi connectivity index (χ3n) is 6.04. The molecule has 0 bridgehead atoms. The first-order valence-electron chi connectivity index (χ1n) is 9.49. The second-order valence-corrected chi connectivity index (χ2v) is 8.38. The maximum atomic E-state index is 6.24. The molecular formula is C22H23BN2O2. The van der Waals surface area contributed by atoms with E-state index >= 15 is 0 Å². The summed E-state index contributed by atoms with van der Waals surface area (Å²) in [5.74, 6) is 0. The highest BCUT2D eigenvalue weighted by molar-refractivity contribution is 6.45. The van der Waals surface area contributed by atoms with E-state index in [4.69, 9.17) is 14.3 Å². The average Bonchev–Trinajstić information content (AvgIpc) is 3.10. The molecule has 0 atom stereocenters. The molecule has 3 heterocycles. The van der Waals surface area contributed by atoms with Crippen molar-refractivity contribution in [3.63, 3.8) is 0 Å². The molecule has 4 nitrogen and oxygen atoms in total. The first kappa shape index (κ1) is 16.8. The number of rotatable bonds is 2. The number of imidazole rings is 1. The van der Waals surface area contributed by atoms with E-state index in [0.29, 0.717) is 6.32 Å². The fourth-order valence-corrected chi connectivity index (χ4v) is 3.93. The molecule has 0 amide bonds. The molecule has 0 saturated carbocycles. The van der Waals surface area contributed by atoms with E-state index in [0.717, 1.165) is 22.2 Å². The zero-order valence-electron chi connectivity index (χ0n) is 16.2. The SMILES string of the molecule is CC1(C)OB(Cc2cc3ccccc3n3c2nc2ccccc23)OC1(C)C. The molecule has 0 unspecified atom stereocenters. The van der Waals surface area contributed by atoms with Crippen molar-refractivity contribution in [2.45, 2.75) is 45.2 Å². The van der Waals surface area contributed by atoms with Gasteiger partial charge in [-0.05, 0) is 62.9 Å². The van der Waals surface area contributed by atoms with Crippen LogP contribution in [0.1, 0.15) is 33.3 Å². The predicted molar refractivity (Wildman–Crippen MR) is 110 cm³/mol. The molecule has 136 valence electrons. The van der Waals surface area contributed by atoms with E-state index in [1.165, 1.54) is 10.9 Å². The maximum Gasteiger partial charge on any atom is 0.462 e. The topological polar surface area (TPSA) is 35.8 Å².